The van der Waals surface area contributed by atoms with Gasteiger partial charge in [0, 0.05) is 18.5 Å². The predicted octanol–water partition coefficient (Wildman–Crippen LogP) is 5.27. The first-order valence-corrected chi connectivity index (χ1v) is 10.8. The molecule has 0 radical (unpaired) electrons. The molecule has 0 amide bonds. The zero-order valence-electron chi connectivity index (χ0n) is 17.4. The number of hydrogen-bond donors (Lipinski definition) is 0. The lowest BCUT2D eigenvalue weighted by atomic mass is 10.0. The Kier molecular flexibility index (Phi) is 9.08. The number of fused-ring (bicyclic) bond motifs is 1. The Morgan fingerprint density at radius 3 is 2.38 bits per heavy atom. The monoisotopic (exact) mass is 367 g/mol. The third-order valence-electron chi connectivity index (χ3n) is 5.67. The average molecular weight is 368 g/mol. The minimum absolute atomic E-state index is 0.0342. The number of unbranched alkanes of at least 4 members (excludes halogenated alkanes) is 8. The van der Waals surface area contributed by atoms with E-state index in [9.17, 15) is 0 Å². The van der Waals surface area contributed by atoms with Crippen molar-refractivity contribution in [2.75, 3.05) is 26.4 Å². The van der Waals surface area contributed by atoms with Crippen molar-refractivity contribution in [1.29, 1.82) is 0 Å². The molecule has 152 valence electrons. The molecule has 4 heteroatoms. The van der Waals surface area contributed by atoms with Crippen LogP contribution in [0.2, 0.25) is 0 Å². The predicted molar refractivity (Wildman–Crippen MR) is 107 cm³/mol. The van der Waals surface area contributed by atoms with Crippen LogP contribution in [0.1, 0.15) is 85.0 Å². The van der Waals surface area contributed by atoms with Crippen LogP contribution in [-0.4, -0.2) is 48.8 Å². The molecule has 2 fully saturated rings. The Hall–Kier alpha value is -0.420. The molecule has 2 aliphatic rings. The van der Waals surface area contributed by atoms with Gasteiger partial charge in [-0.15, -0.1) is 6.58 Å². The van der Waals surface area contributed by atoms with Gasteiger partial charge in [0.2, 0.25) is 5.91 Å². The molecular weight excluding hydrogens is 326 g/mol. The largest absolute Gasteiger partial charge is 0.375 e. The molecule has 26 heavy (non-hydrogen) atoms. The van der Waals surface area contributed by atoms with Gasteiger partial charge >= 0.3 is 0 Å². The lowest BCUT2D eigenvalue weighted by Gasteiger charge is -2.34. The first-order valence-electron chi connectivity index (χ1n) is 10.8. The molecule has 2 saturated heterocycles. The Bertz CT molecular complexity index is 412. The van der Waals surface area contributed by atoms with Crippen LogP contribution >= 0.6 is 0 Å². The van der Waals surface area contributed by atoms with E-state index in [0.717, 1.165) is 19.6 Å². The van der Waals surface area contributed by atoms with E-state index in [1.807, 2.05) is 0 Å². The SMILES string of the molecule is C=CCOCC1CN2C(C)(C)COC2(CCCCCCCCCCC)O1. The summed E-state index contributed by atoms with van der Waals surface area (Å²) in [6.07, 6.45) is 14.9. The first kappa shape index (κ1) is 21.9. The van der Waals surface area contributed by atoms with Crippen molar-refractivity contribution >= 4 is 0 Å². The third-order valence-corrected chi connectivity index (χ3v) is 5.67. The van der Waals surface area contributed by atoms with Gasteiger partial charge in [0.15, 0.2) is 0 Å². The second-order valence-corrected chi connectivity index (χ2v) is 8.57. The summed E-state index contributed by atoms with van der Waals surface area (Å²) in [4.78, 5) is 2.42. The minimum Gasteiger partial charge on any atom is -0.375 e. The van der Waals surface area contributed by atoms with Crippen LogP contribution in [0.4, 0.5) is 0 Å². The Balaban J connectivity index is 1.70. The number of ether oxygens (including phenoxy) is 3. The highest BCUT2D eigenvalue weighted by Gasteiger charge is 2.58. The molecule has 2 unspecified atom stereocenters. The van der Waals surface area contributed by atoms with E-state index < -0.39 is 5.91 Å². The van der Waals surface area contributed by atoms with Gasteiger partial charge in [-0.2, -0.15) is 0 Å². The summed E-state index contributed by atoms with van der Waals surface area (Å²) in [6.45, 7) is 13.3. The Labute approximate surface area is 161 Å². The topological polar surface area (TPSA) is 30.9 Å². The summed E-state index contributed by atoms with van der Waals surface area (Å²) in [5.74, 6) is -0.521. The zero-order chi connectivity index (χ0) is 18.9. The van der Waals surface area contributed by atoms with Crippen molar-refractivity contribution in [3.63, 3.8) is 0 Å². The smallest absolute Gasteiger partial charge is 0.231 e. The fourth-order valence-corrected chi connectivity index (χ4v) is 4.19. The first-order chi connectivity index (χ1) is 12.5. The van der Waals surface area contributed by atoms with Gasteiger partial charge in [0.25, 0.3) is 0 Å². The molecular formula is C22H41NO3. The summed E-state index contributed by atoms with van der Waals surface area (Å²) in [5, 5.41) is 0. The van der Waals surface area contributed by atoms with Gasteiger partial charge in [0.1, 0.15) is 0 Å². The van der Waals surface area contributed by atoms with Crippen LogP contribution in [0.3, 0.4) is 0 Å². The molecule has 0 aromatic rings. The van der Waals surface area contributed by atoms with Crippen LogP contribution in [0, 0.1) is 0 Å². The van der Waals surface area contributed by atoms with E-state index in [0.29, 0.717) is 13.2 Å². The van der Waals surface area contributed by atoms with Crippen molar-refractivity contribution < 1.29 is 14.2 Å². The van der Waals surface area contributed by atoms with Gasteiger partial charge in [-0.05, 0) is 20.3 Å². The lowest BCUT2D eigenvalue weighted by molar-refractivity contribution is -0.254. The fourth-order valence-electron chi connectivity index (χ4n) is 4.19. The van der Waals surface area contributed by atoms with Crippen molar-refractivity contribution in [1.82, 2.24) is 4.90 Å². The van der Waals surface area contributed by atoms with Crippen molar-refractivity contribution in [3.8, 4) is 0 Å². The molecule has 0 aliphatic carbocycles. The summed E-state index contributed by atoms with van der Waals surface area (Å²) in [6, 6.07) is 0. The molecule has 0 bridgehead atoms. The molecule has 4 nitrogen and oxygen atoms in total. The molecule has 0 spiro atoms. The average Bonchev–Trinajstić information content (AvgIpc) is 3.09. The molecule has 2 atom stereocenters. The molecule has 2 aliphatic heterocycles. The number of nitrogens with zero attached hydrogens (tertiary/aromatic N) is 1. The van der Waals surface area contributed by atoms with Gasteiger partial charge in [0.05, 0.1) is 25.9 Å². The van der Waals surface area contributed by atoms with Crippen molar-refractivity contribution in [3.05, 3.63) is 12.7 Å². The highest BCUT2D eigenvalue weighted by molar-refractivity contribution is 4.99. The Morgan fingerprint density at radius 1 is 1.08 bits per heavy atom. The quantitative estimate of drug-likeness (QED) is 0.309. The van der Waals surface area contributed by atoms with Crippen LogP contribution < -0.4 is 0 Å². The maximum Gasteiger partial charge on any atom is 0.231 e. The standard InChI is InChI=1S/C22H41NO3/c1-5-7-8-9-10-11-12-13-14-15-22-23(21(3,4)19-25-22)17-20(26-22)18-24-16-6-2/h6,20H,2,5,7-19H2,1,3-4H3. The second-order valence-electron chi connectivity index (χ2n) is 8.57. The molecule has 2 heterocycles. The fraction of sp³-hybridized carbons (Fsp3) is 0.909. The number of hydrogen-bond acceptors (Lipinski definition) is 4. The van der Waals surface area contributed by atoms with Gasteiger partial charge in [-0.25, -0.2) is 4.90 Å². The van der Waals surface area contributed by atoms with E-state index in [1.165, 1.54) is 57.8 Å². The van der Waals surface area contributed by atoms with Gasteiger partial charge in [-0.1, -0.05) is 64.4 Å². The van der Waals surface area contributed by atoms with E-state index in [1.54, 1.807) is 6.08 Å². The second kappa shape index (κ2) is 10.8. The highest BCUT2D eigenvalue weighted by atomic mass is 16.7. The maximum atomic E-state index is 6.37. The molecule has 2 rings (SSSR count). The highest BCUT2D eigenvalue weighted by Crippen LogP contribution is 2.44. The molecule has 0 aromatic heterocycles. The molecule has 0 saturated carbocycles. The number of rotatable bonds is 14. The van der Waals surface area contributed by atoms with E-state index in [2.05, 4.69) is 32.3 Å². The summed E-state index contributed by atoms with van der Waals surface area (Å²) < 4.78 is 18.2. The van der Waals surface area contributed by atoms with Gasteiger partial charge in [-0.3, -0.25) is 0 Å². The van der Waals surface area contributed by atoms with Crippen LogP contribution in [0.5, 0.6) is 0 Å². The zero-order valence-corrected chi connectivity index (χ0v) is 17.4. The summed E-state index contributed by atoms with van der Waals surface area (Å²) in [7, 11) is 0. The third kappa shape index (κ3) is 6.05. The van der Waals surface area contributed by atoms with E-state index >= 15 is 0 Å². The lowest BCUT2D eigenvalue weighted by Crippen LogP contribution is -2.48. The van der Waals surface area contributed by atoms with E-state index in [4.69, 9.17) is 14.2 Å². The van der Waals surface area contributed by atoms with Gasteiger partial charge < -0.3 is 14.2 Å². The van der Waals surface area contributed by atoms with Crippen LogP contribution in [-0.2, 0) is 14.2 Å². The van der Waals surface area contributed by atoms with E-state index in [-0.39, 0.29) is 11.6 Å². The Morgan fingerprint density at radius 2 is 1.73 bits per heavy atom. The van der Waals surface area contributed by atoms with Crippen LogP contribution in [0.15, 0.2) is 12.7 Å². The maximum absolute atomic E-state index is 6.37. The summed E-state index contributed by atoms with van der Waals surface area (Å²) >= 11 is 0. The minimum atomic E-state index is -0.521. The van der Waals surface area contributed by atoms with Crippen LogP contribution in [0.25, 0.3) is 0 Å². The molecule has 0 aromatic carbocycles. The molecule has 0 N–H and O–H groups in total. The van der Waals surface area contributed by atoms with Crippen molar-refractivity contribution in [2.24, 2.45) is 0 Å². The normalized spacial score (nSPS) is 27.7. The summed E-state index contributed by atoms with van der Waals surface area (Å²) in [5.41, 5.74) is 0.0342. The van der Waals surface area contributed by atoms with Crippen molar-refractivity contribution in [2.45, 2.75) is 103 Å².